The lowest BCUT2D eigenvalue weighted by Gasteiger charge is -2.32. The molecular weight excluding hydrogens is 268 g/mol. The smallest absolute Gasteiger partial charge is 0.0239 e. The van der Waals surface area contributed by atoms with E-state index in [9.17, 15) is 0 Å². The molecule has 0 aliphatic rings. The van der Waals surface area contributed by atoms with Crippen LogP contribution in [0.1, 0.15) is 66.5 Å². The van der Waals surface area contributed by atoms with Gasteiger partial charge in [0.05, 0.1) is 0 Å². The normalized spacial score (nSPS) is 12.6. The van der Waals surface area contributed by atoms with Crippen LogP contribution in [-0.2, 0) is 13.1 Å². The van der Waals surface area contributed by atoms with Gasteiger partial charge in [0.1, 0.15) is 0 Å². The van der Waals surface area contributed by atoms with E-state index in [-0.39, 0.29) is 0 Å². The van der Waals surface area contributed by atoms with Crippen molar-refractivity contribution in [3.63, 3.8) is 0 Å². The maximum Gasteiger partial charge on any atom is 0.0239 e. The molecule has 0 N–H and O–H groups in total. The molecule has 1 rings (SSSR count). The molecule has 1 aromatic carbocycles. The van der Waals surface area contributed by atoms with E-state index in [1.54, 1.807) is 0 Å². The second-order valence-electron chi connectivity index (χ2n) is 7.54. The molecule has 22 heavy (non-hydrogen) atoms. The Kier molecular flexibility index (Phi) is 7.58. The van der Waals surface area contributed by atoms with Gasteiger partial charge in [0.25, 0.3) is 0 Å². The zero-order valence-corrected chi connectivity index (χ0v) is 15.9. The molecule has 0 saturated heterocycles. The van der Waals surface area contributed by atoms with Gasteiger partial charge in [-0.25, -0.2) is 0 Å². The highest BCUT2D eigenvalue weighted by atomic mass is 15.2. The van der Waals surface area contributed by atoms with E-state index in [1.807, 2.05) is 0 Å². The molecule has 126 valence electrons. The largest absolute Gasteiger partial charge is 0.294 e. The third kappa shape index (κ3) is 5.73. The summed E-state index contributed by atoms with van der Waals surface area (Å²) in [5.41, 5.74) is 2.85. The lowest BCUT2D eigenvalue weighted by atomic mass is 10.1. The van der Waals surface area contributed by atoms with Gasteiger partial charge in [-0.1, -0.05) is 24.3 Å². The second kappa shape index (κ2) is 8.69. The van der Waals surface area contributed by atoms with Crippen LogP contribution in [0.4, 0.5) is 0 Å². The van der Waals surface area contributed by atoms with Crippen LogP contribution in [-0.4, -0.2) is 34.0 Å². The Morgan fingerprint density at radius 3 is 1.23 bits per heavy atom. The zero-order valence-electron chi connectivity index (χ0n) is 15.9. The number of hydrogen-bond donors (Lipinski definition) is 0. The first-order chi connectivity index (χ1) is 10.2. The Morgan fingerprint density at radius 1 is 0.636 bits per heavy atom. The first-order valence-corrected chi connectivity index (χ1v) is 8.81. The maximum atomic E-state index is 2.54. The average molecular weight is 305 g/mol. The molecule has 0 amide bonds. The van der Waals surface area contributed by atoms with Gasteiger partial charge in [-0.2, -0.15) is 0 Å². The van der Waals surface area contributed by atoms with Crippen molar-refractivity contribution >= 4 is 0 Å². The molecule has 0 aliphatic heterocycles. The van der Waals surface area contributed by atoms with Crippen molar-refractivity contribution in [1.29, 1.82) is 0 Å². The Balaban J connectivity index is 2.85. The summed E-state index contributed by atoms with van der Waals surface area (Å²) < 4.78 is 0. The van der Waals surface area contributed by atoms with Gasteiger partial charge in [0, 0.05) is 37.3 Å². The number of hydrogen-bond acceptors (Lipinski definition) is 2. The lowest BCUT2D eigenvalue weighted by Crippen LogP contribution is -2.37. The summed E-state index contributed by atoms with van der Waals surface area (Å²) in [6, 6.07) is 11.4. The topological polar surface area (TPSA) is 6.48 Å². The number of rotatable bonds is 8. The highest BCUT2D eigenvalue weighted by molar-refractivity contribution is 5.23. The van der Waals surface area contributed by atoms with E-state index in [2.05, 4.69) is 89.5 Å². The summed E-state index contributed by atoms with van der Waals surface area (Å²) in [4.78, 5) is 5.09. The predicted molar refractivity (Wildman–Crippen MR) is 98.1 cm³/mol. The minimum Gasteiger partial charge on any atom is -0.294 e. The van der Waals surface area contributed by atoms with Gasteiger partial charge in [-0.05, 0) is 66.5 Å². The van der Waals surface area contributed by atoms with Gasteiger partial charge in [-0.15, -0.1) is 0 Å². The van der Waals surface area contributed by atoms with Gasteiger partial charge in [0.2, 0.25) is 0 Å². The Labute approximate surface area is 138 Å². The van der Waals surface area contributed by atoms with Crippen LogP contribution >= 0.6 is 0 Å². The number of benzene rings is 1. The maximum absolute atomic E-state index is 2.54. The number of nitrogens with zero attached hydrogens (tertiary/aromatic N) is 2. The van der Waals surface area contributed by atoms with Crippen LogP contribution in [0.15, 0.2) is 24.3 Å². The molecule has 0 bridgehead atoms. The van der Waals surface area contributed by atoms with E-state index < -0.39 is 0 Å². The summed E-state index contributed by atoms with van der Waals surface area (Å²) in [5.74, 6) is 0. The van der Waals surface area contributed by atoms with Crippen LogP contribution in [0.25, 0.3) is 0 Å². The quantitative estimate of drug-likeness (QED) is 0.672. The zero-order chi connectivity index (χ0) is 16.9. The molecule has 0 atom stereocenters. The van der Waals surface area contributed by atoms with E-state index in [0.717, 1.165) is 13.1 Å². The molecule has 1 aromatic rings. The first-order valence-electron chi connectivity index (χ1n) is 8.81. The van der Waals surface area contributed by atoms with Gasteiger partial charge in [0.15, 0.2) is 0 Å². The standard InChI is InChI=1S/C20H36N2/c1-15(2)21(16(3)4)13-19-10-9-11-20(12-19)14-22(17(5)6)18(7)8/h9-12,15-18H,13-14H2,1-8H3. The molecule has 0 aromatic heterocycles. The first kappa shape index (κ1) is 19.2. The van der Waals surface area contributed by atoms with E-state index in [0.29, 0.717) is 24.2 Å². The van der Waals surface area contributed by atoms with Crippen LogP contribution in [0, 0.1) is 0 Å². The molecule has 0 spiro atoms. The van der Waals surface area contributed by atoms with Crippen molar-refractivity contribution in [2.75, 3.05) is 0 Å². The Hall–Kier alpha value is -0.860. The minimum atomic E-state index is 0.575. The van der Waals surface area contributed by atoms with Crippen molar-refractivity contribution < 1.29 is 0 Å². The van der Waals surface area contributed by atoms with Crippen molar-refractivity contribution in [2.24, 2.45) is 0 Å². The summed E-state index contributed by atoms with van der Waals surface area (Å²) in [5, 5.41) is 0. The fourth-order valence-corrected chi connectivity index (χ4v) is 3.17. The SMILES string of the molecule is CC(C)N(Cc1cccc(CN(C(C)C)C(C)C)c1)C(C)C. The van der Waals surface area contributed by atoms with Crippen LogP contribution < -0.4 is 0 Å². The third-order valence-electron chi connectivity index (χ3n) is 4.37. The average Bonchev–Trinajstić information content (AvgIpc) is 2.41. The summed E-state index contributed by atoms with van der Waals surface area (Å²) in [6.45, 7) is 20.3. The van der Waals surface area contributed by atoms with Gasteiger partial charge >= 0.3 is 0 Å². The summed E-state index contributed by atoms with van der Waals surface area (Å²) >= 11 is 0. The van der Waals surface area contributed by atoms with Crippen LogP contribution in [0.3, 0.4) is 0 Å². The molecular formula is C20H36N2. The molecule has 0 fully saturated rings. The lowest BCUT2D eigenvalue weighted by molar-refractivity contribution is 0.163. The summed E-state index contributed by atoms with van der Waals surface area (Å²) in [6.07, 6.45) is 0. The molecule has 0 heterocycles. The van der Waals surface area contributed by atoms with Gasteiger partial charge in [-0.3, -0.25) is 9.80 Å². The van der Waals surface area contributed by atoms with E-state index in [4.69, 9.17) is 0 Å². The van der Waals surface area contributed by atoms with Crippen LogP contribution in [0.5, 0.6) is 0 Å². The van der Waals surface area contributed by atoms with Crippen molar-refractivity contribution in [3.8, 4) is 0 Å². The third-order valence-corrected chi connectivity index (χ3v) is 4.37. The van der Waals surface area contributed by atoms with Crippen molar-refractivity contribution in [1.82, 2.24) is 9.80 Å². The van der Waals surface area contributed by atoms with Crippen molar-refractivity contribution in [2.45, 2.75) is 92.6 Å². The molecule has 0 saturated carbocycles. The predicted octanol–water partition coefficient (Wildman–Crippen LogP) is 4.92. The van der Waals surface area contributed by atoms with Crippen LogP contribution in [0.2, 0.25) is 0 Å². The molecule has 0 unspecified atom stereocenters. The molecule has 0 aliphatic carbocycles. The molecule has 0 radical (unpaired) electrons. The molecule has 2 nitrogen and oxygen atoms in total. The fraction of sp³-hybridized carbons (Fsp3) is 0.700. The molecule has 2 heteroatoms. The highest BCUT2D eigenvalue weighted by Crippen LogP contribution is 2.16. The summed E-state index contributed by atoms with van der Waals surface area (Å²) in [7, 11) is 0. The monoisotopic (exact) mass is 304 g/mol. The highest BCUT2D eigenvalue weighted by Gasteiger charge is 2.16. The van der Waals surface area contributed by atoms with E-state index in [1.165, 1.54) is 11.1 Å². The van der Waals surface area contributed by atoms with E-state index >= 15 is 0 Å². The Morgan fingerprint density at radius 2 is 0.955 bits per heavy atom. The fourth-order valence-electron chi connectivity index (χ4n) is 3.17. The van der Waals surface area contributed by atoms with Gasteiger partial charge < -0.3 is 0 Å². The van der Waals surface area contributed by atoms with Crippen molar-refractivity contribution in [3.05, 3.63) is 35.4 Å². The minimum absolute atomic E-state index is 0.575. The Bertz CT molecular complexity index is 382. The second-order valence-corrected chi connectivity index (χ2v) is 7.54.